The van der Waals surface area contributed by atoms with Crippen molar-refractivity contribution in [1.29, 1.82) is 0 Å². The van der Waals surface area contributed by atoms with E-state index in [1.54, 1.807) is 0 Å². The second-order valence-corrected chi connectivity index (χ2v) is 4.31. The summed E-state index contributed by atoms with van der Waals surface area (Å²) in [6.45, 7) is 2.78. The number of hydrogen-bond acceptors (Lipinski definition) is 3. The van der Waals surface area contributed by atoms with Crippen LogP contribution in [0.15, 0.2) is 0 Å². The van der Waals surface area contributed by atoms with Gasteiger partial charge in [0, 0.05) is 19.1 Å². The molecule has 0 aromatic rings. The Labute approximate surface area is 73.8 Å². The van der Waals surface area contributed by atoms with Gasteiger partial charge in [-0.3, -0.25) is 0 Å². The molecule has 2 heterocycles. The third-order valence-corrected chi connectivity index (χ3v) is 3.20. The molecule has 0 amide bonds. The number of likely N-dealkylation sites (tertiary alicyclic amines) is 1. The van der Waals surface area contributed by atoms with Crippen molar-refractivity contribution in [1.82, 2.24) is 10.2 Å². The van der Waals surface area contributed by atoms with Crippen LogP contribution in [0.4, 0.5) is 0 Å². The fourth-order valence-corrected chi connectivity index (χ4v) is 2.23. The van der Waals surface area contributed by atoms with E-state index in [1.165, 1.54) is 19.4 Å². The standard InChI is InChI=1S/C9H18N2O/c1-11-4-2-3-8(11)5-9(12)6-10-7-9/h8,10,12H,2-7H2,1H3. The van der Waals surface area contributed by atoms with Crippen LogP contribution in [-0.4, -0.2) is 48.3 Å². The molecule has 0 aromatic carbocycles. The van der Waals surface area contributed by atoms with Crippen LogP contribution in [0, 0.1) is 0 Å². The van der Waals surface area contributed by atoms with E-state index >= 15 is 0 Å². The van der Waals surface area contributed by atoms with Gasteiger partial charge in [-0.1, -0.05) is 0 Å². The zero-order valence-corrected chi connectivity index (χ0v) is 7.71. The van der Waals surface area contributed by atoms with Crippen LogP contribution < -0.4 is 5.32 Å². The minimum atomic E-state index is -0.386. The van der Waals surface area contributed by atoms with Crippen LogP contribution in [0.5, 0.6) is 0 Å². The van der Waals surface area contributed by atoms with Gasteiger partial charge in [0.25, 0.3) is 0 Å². The molecule has 0 aliphatic carbocycles. The first-order valence-electron chi connectivity index (χ1n) is 4.83. The molecule has 0 radical (unpaired) electrons. The lowest BCUT2D eigenvalue weighted by atomic mass is 9.88. The average molecular weight is 170 g/mol. The van der Waals surface area contributed by atoms with Crippen molar-refractivity contribution in [2.75, 3.05) is 26.7 Å². The number of nitrogens with one attached hydrogen (secondary N) is 1. The van der Waals surface area contributed by atoms with E-state index in [0.29, 0.717) is 6.04 Å². The molecule has 1 unspecified atom stereocenters. The summed E-state index contributed by atoms with van der Waals surface area (Å²) in [6.07, 6.45) is 3.51. The zero-order valence-electron chi connectivity index (χ0n) is 7.71. The normalized spacial score (nSPS) is 35.0. The van der Waals surface area contributed by atoms with E-state index in [9.17, 15) is 5.11 Å². The second kappa shape index (κ2) is 2.98. The molecule has 12 heavy (non-hydrogen) atoms. The lowest BCUT2D eigenvalue weighted by Crippen LogP contribution is -2.61. The summed E-state index contributed by atoms with van der Waals surface area (Å²) in [5.41, 5.74) is -0.386. The molecule has 2 N–H and O–H groups in total. The molecule has 70 valence electrons. The van der Waals surface area contributed by atoms with Crippen molar-refractivity contribution in [3.8, 4) is 0 Å². The highest BCUT2D eigenvalue weighted by molar-refractivity contribution is 4.96. The first kappa shape index (κ1) is 8.48. The molecular formula is C9H18N2O. The van der Waals surface area contributed by atoms with Crippen molar-refractivity contribution in [2.45, 2.75) is 30.9 Å². The lowest BCUT2D eigenvalue weighted by molar-refractivity contribution is -0.0323. The van der Waals surface area contributed by atoms with Crippen LogP contribution in [0.2, 0.25) is 0 Å². The van der Waals surface area contributed by atoms with Gasteiger partial charge in [0.1, 0.15) is 0 Å². The average Bonchev–Trinajstić information content (AvgIpc) is 2.34. The summed E-state index contributed by atoms with van der Waals surface area (Å²) >= 11 is 0. The summed E-state index contributed by atoms with van der Waals surface area (Å²) in [6, 6.07) is 0.622. The molecule has 2 saturated heterocycles. The predicted octanol–water partition coefficient (Wildman–Crippen LogP) is -0.195. The Kier molecular flexibility index (Phi) is 2.10. The van der Waals surface area contributed by atoms with E-state index in [2.05, 4.69) is 17.3 Å². The van der Waals surface area contributed by atoms with Gasteiger partial charge >= 0.3 is 0 Å². The van der Waals surface area contributed by atoms with Crippen molar-refractivity contribution >= 4 is 0 Å². The SMILES string of the molecule is CN1CCCC1CC1(O)CNC1. The lowest BCUT2D eigenvalue weighted by Gasteiger charge is -2.40. The Morgan fingerprint density at radius 1 is 1.58 bits per heavy atom. The molecule has 0 aromatic heterocycles. The van der Waals surface area contributed by atoms with Gasteiger partial charge in [-0.25, -0.2) is 0 Å². The van der Waals surface area contributed by atoms with Crippen LogP contribution in [0.3, 0.4) is 0 Å². The topological polar surface area (TPSA) is 35.5 Å². The number of hydrogen-bond donors (Lipinski definition) is 2. The third-order valence-electron chi connectivity index (χ3n) is 3.20. The van der Waals surface area contributed by atoms with Crippen LogP contribution in [-0.2, 0) is 0 Å². The highest BCUT2D eigenvalue weighted by atomic mass is 16.3. The smallest absolute Gasteiger partial charge is 0.0909 e. The van der Waals surface area contributed by atoms with E-state index < -0.39 is 0 Å². The Hall–Kier alpha value is -0.120. The highest BCUT2D eigenvalue weighted by Gasteiger charge is 2.38. The molecule has 0 bridgehead atoms. The predicted molar refractivity (Wildman–Crippen MR) is 48.1 cm³/mol. The number of nitrogens with zero attached hydrogens (tertiary/aromatic N) is 1. The maximum atomic E-state index is 9.90. The minimum absolute atomic E-state index is 0.386. The van der Waals surface area contributed by atoms with Crippen molar-refractivity contribution < 1.29 is 5.11 Å². The Bertz CT molecular complexity index is 168. The van der Waals surface area contributed by atoms with Crippen molar-refractivity contribution in [3.63, 3.8) is 0 Å². The highest BCUT2D eigenvalue weighted by Crippen LogP contribution is 2.26. The van der Waals surface area contributed by atoms with Crippen LogP contribution in [0.1, 0.15) is 19.3 Å². The van der Waals surface area contributed by atoms with Gasteiger partial charge < -0.3 is 15.3 Å². The molecule has 2 fully saturated rings. The zero-order chi connectivity index (χ0) is 8.60. The summed E-state index contributed by atoms with van der Waals surface area (Å²) in [7, 11) is 2.16. The van der Waals surface area contributed by atoms with Gasteiger partial charge in [0.05, 0.1) is 5.60 Å². The maximum Gasteiger partial charge on any atom is 0.0909 e. The van der Waals surface area contributed by atoms with Gasteiger partial charge in [-0.15, -0.1) is 0 Å². The summed E-state index contributed by atoms with van der Waals surface area (Å²) in [4.78, 5) is 2.37. The van der Waals surface area contributed by atoms with E-state index in [4.69, 9.17) is 0 Å². The molecule has 0 spiro atoms. The minimum Gasteiger partial charge on any atom is -0.387 e. The maximum absolute atomic E-state index is 9.90. The summed E-state index contributed by atoms with van der Waals surface area (Å²) in [5, 5.41) is 13.0. The number of β-amino-alcohol motifs (C(OH)–C–C–N with tert-alkyl or cyclic N) is 1. The third kappa shape index (κ3) is 1.49. The first-order chi connectivity index (χ1) is 5.70. The van der Waals surface area contributed by atoms with Crippen molar-refractivity contribution in [2.24, 2.45) is 0 Å². The molecule has 1 atom stereocenters. The number of aliphatic hydroxyl groups is 1. The van der Waals surface area contributed by atoms with Crippen LogP contribution in [0.25, 0.3) is 0 Å². The first-order valence-corrected chi connectivity index (χ1v) is 4.83. The fraction of sp³-hybridized carbons (Fsp3) is 1.00. The summed E-state index contributed by atoms with van der Waals surface area (Å²) in [5.74, 6) is 0. The molecular weight excluding hydrogens is 152 g/mol. The molecule has 3 heteroatoms. The fourth-order valence-electron chi connectivity index (χ4n) is 2.23. The van der Waals surface area contributed by atoms with Gasteiger partial charge in [0.2, 0.25) is 0 Å². The Balaban J connectivity index is 1.85. The van der Waals surface area contributed by atoms with E-state index in [1.807, 2.05) is 0 Å². The van der Waals surface area contributed by atoms with Gasteiger partial charge in [-0.05, 0) is 32.9 Å². The van der Waals surface area contributed by atoms with Crippen LogP contribution >= 0.6 is 0 Å². The van der Waals surface area contributed by atoms with E-state index in [0.717, 1.165) is 19.5 Å². The Morgan fingerprint density at radius 2 is 2.33 bits per heavy atom. The number of rotatable bonds is 2. The molecule has 0 saturated carbocycles. The molecule has 2 rings (SSSR count). The summed E-state index contributed by atoms with van der Waals surface area (Å²) < 4.78 is 0. The Morgan fingerprint density at radius 3 is 2.75 bits per heavy atom. The van der Waals surface area contributed by atoms with E-state index in [-0.39, 0.29) is 5.60 Å². The molecule has 2 aliphatic rings. The quantitative estimate of drug-likeness (QED) is 0.603. The van der Waals surface area contributed by atoms with Gasteiger partial charge in [-0.2, -0.15) is 0 Å². The second-order valence-electron chi connectivity index (χ2n) is 4.31. The largest absolute Gasteiger partial charge is 0.387 e. The van der Waals surface area contributed by atoms with Gasteiger partial charge in [0.15, 0.2) is 0 Å². The molecule has 2 aliphatic heterocycles. The monoisotopic (exact) mass is 170 g/mol. The molecule has 3 nitrogen and oxygen atoms in total. The van der Waals surface area contributed by atoms with Crippen molar-refractivity contribution in [3.05, 3.63) is 0 Å².